The van der Waals surface area contributed by atoms with Crippen molar-refractivity contribution in [3.63, 3.8) is 0 Å². The largest absolute Gasteiger partial charge is 0.493 e. The fraction of sp³-hybridized carbons (Fsp3) is 0.520. The highest BCUT2D eigenvalue weighted by Gasteiger charge is 2.36. The van der Waals surface area contributed by atoms with Gasteiger partial charge in [0, 0.05) is 50.4 Å². The van der Waals surface area contributed by atoms with Gasteiger partial charge in [-0.3, -0.25) is 4.90 Å². The van der Waals surface area contributed by atoms with E-state index in [4.69, 9.17) is 9.84 Å². The molecule has 2 aliphatic heterocycles. The summed E-state index contributed by atoms with van der Waals surface area (Å²) in [7, 11) is 0. The van der Waals surface area contributed by atoms with E-state index in [2.05, 4.69) is 35.8 Å². The molecule has 5 heteroatoms. The molecule has 0 bridgehead atoms. The van der Waals surface area contributed by atoms with Gasteiger partial charge in [-0.05, 0) is 80.1 Å². The van der Waals surface area contributed by atoms with Crippen molar-refractivity contribution in [2.45, 2.75) is 51.6 Å². The van der Waals surface area contributed by atoms with Crippen molar-refractivity contribution >= 4 is 5.69 Å². The molecule has 2 aromatic carbocycles. The molecule has 0 amide bonds. The molecule has 2 fully saturated rings. The molecule has 4 rings (SSSR count). The maximum Gasteiger partial charge on any atom is 0.123 e. The summed E-state index contributed by atoms with van der Waals surface area (Å²) in [5.41, 5.74) is 5.07. The Morgan fingerprint density at radius 1 is 1.03 bits per heavy atom. The van der Waals surface area contributed by atoms with E-state index in [1.54, 1.807) is 12.1 Å². The molecule has 2 aromatic rings. The summed E-state index contributed by atoms with van der Waals surface area (Å²) in [6.07, 6.45) is 4.30. The second-order valence-corrected chi connectivity index (χ2v) is 8.59. The van der Waals surface area contributed by atoms with E-state index in [9.17, 15) is 4.39 Å². The van der Waals surface area contributed by atoms with Crippen LogP contribution in [0.4, 0.5) is 10.1 Å². The van der Waals surface area contributed by atoms with Gasteiger partial charge in [0.25, 0.3) is 0 Å². The number of anilines is 1. The van der Waals surface area contributed by atoms with Crippen molar-refractivity contribution in [2.24, 2.45) is 0 Å². The lowest BCUT2D eigenvalue weighted by Gasteiger charge is -2.49. The molecule has 0 spiro atoms. The molecule has 2 saturated heterocycles. The van der Waals surface area contributed by atoms with E-state index >= 15 is 0 Å². The number of piperazine rings is 1. The summed E-state index contributed by atoms with van der Waals surface area (Å²) in [6.45, 7) is 8.06. The first-order valence-corrected chi connectivity index (χ1v) is 11.2. The summed E-state index contributed by atoms with van der Waals surface area (Å²) in [5, 5.41) is 8.99. The Hall–Kier alpha value is -2.11. The van der Waals surface area contributed by atoms with Gasteiger partial charge in [0.1, 0.15) is 11.6 Å². The highest BCUT2D eigenvalue weighted by molar-refractivity contribution is 5.48. The van der Waals surface area contributed by atoms with Gasteiger partial charge in [-0.2, -0.15) is 0 Å². The number of halogens is 1. The fourth-order valence-corrected chi connectivity index (χ4v) is 5.05. The number of ether oxygens (including phenoxy) is 1. The Bertz CT molecular complexity index is 855. The normalized spacial score (nSPS) is 22.1. The lowest BCUT2D eigenvalue weighted by atomic mass is 9.86. The Kier molecular flexibility index (Phi) is 6.59. The van der Waals surface area contributed by atoms with Crippen molar-refractivity contribution in [1.29, 1.82) is 0 Å². The van der Waals surface area contributed by atoms with E-state index in [0.29, 0.717) is 25.1 Å². The third kappa shape index (κ3) is 4.33. The van der Waals surface area contributed by atoms with Gasteiger partial charge in [0.05, 0.1) is 6.61 Å². The third-order valence-corrected chi connectivity index (χ3v) is 6.83. The minimum absolute atomic E-state index is 0.156. The fourth-order valence-electron chi connectivity index (χ4n) is 5.05. The van der Waals surface area contributed by atoms with Crippen molar-refractivity contribution in [2.75, 3.05) is 37.7 Å². The van der Waals surface area contributed by atoms with Gasteiger partial charge in [0.2, 0.25) is 0 Å². The van der Waals surface area contributed by atoms with E-state index in [0.717, 1.165) is 31.1 Å². The highest BCUT2D eigenvalue weighted by atomic mass is 19.1. The molecule has 162 valence electrons. The molecule has 0 aliphatic carbocycles. The maximum absolute atomic E-state index is 13.3. The van der Waals surface area contributed by atoms with Gasteiger partial charge < -0.3 is 14.7 Å². The third-order valence-electron chi connectivity index (χ3n) is 6.83. The molecule has 0 saturated carbocycles. The topological polar surface area (TPSA) is 35.9 Å². The van der Waals surface area contributed by atoms with Crippen LogP contribution in [0.25, 0.3) is 0 Å². The molecule has 2 heterocycles. The number of hydrogen-bond donors (Lipinski definition) is 1. The summed E-state index contributed by atoms with van der Waals surface area (Å²) in [6, 6.07) is 12.2. The molecule has 30 heavy (non-hydrogen) atoms. The van der Waals surface area contributed by atoms with E-state index in [1.165, 1.54) is 36.0 Å². The number of fused-ring (bicyclic) bond motifs is 1. The van der Waals surface area contributed by atoms with Crippen molar-refractivity contribution in [1.82, 2.24) is 4.90 Å². The van der Waals surface area contributed by atoms with Crippen LogP contribution in [0.3, 0.4) is 0 Å². The van der Waals surface area contributed by atoms with Crippen LogP contribution in [-0.4, -0.2) is 48.9 Å². The molecule has 0 radical (unpaired) electrons. The monoisotopic (exact) mass is 412 g/mol. The van der Waals surface area contributed by atoms with Crippen LogP contribution in [-0.2, 0) is 0 Å². The zero-order valence-corrected chi connectivity index (χ0v) is 18.1. The van der Waals surface area contributed by atoms with E-state index in [1.807, 2.05) is 12.1 Å². The predicted molar refractivity (Wildman–Crippen MR) is 119 cm³/mol. The first-order chi connectivity index (χ1) is 14.6. The first-order valence-electron chi connectivity index (χ1n) is 11.2. The number of aliphatic hydroxyl groups is 1. The molecule has 1 N–H and O–H groups in total. The van der Waals surface area contributed by atoms with Crippen molar-refractivity contribution in [3.8, 4) is 5.75 Å². The molecular weight excluding hydrogens is 379 g/mol. The molecule has 4 nitrogen and oxygen atoms in total. The van der Waals surface area contributed by atoms with Crippen LogP contribution >= 0.6 is 0 Å². The predicted octanol–water partition coefficient (Wildman–Crippen LogP) is 4.62. The van der Waals surface area contributed by atoms with Gasteiger partial charge in [0.15, 0.2) is 0 Å². The minimum Gasteiger partial charge on any atom is -0.493 e. The Balaban J connectivity index is 1.49. The molecular formula is C25H33FN2O2. The Labute approximate surface area is 179 Å². The van der Waals surface area contributed by atoms with Crippen LogP contribution in [0.2, 0.25) is 0 Å². The zero-order valence-electron chi connectivity index (χ0n) is 18.1. The molecule has 0 aromatic heterocycles. The smallest absolute Gasteiger partial charge is 0.123 e. The maximum atomic E-state index is 13.3. The quantitative estimate of drug-likeness (QED) is 0.703. The zero-order chi connectivity index (χ0) is 21.1. The number of benzene rings is 2. The molecule has 2 aliphatic rings. The standard InChI is InChI=1S/C25H33FN2O2/c1-18-19(2)25(30-16-4-15-29)12-11-23(18)24-6-3-5-22-17-27(13-14-28(22)24)21-9-7-20(26)8-10-21/h7-12,22,24,29H,3-6,13-17H2,1-2H3. The Morgan fingerprint density at radius 2 is 1.83 bits per heavy atom. The van der Waals surface area contributed by atoms with Crippen molar-refractivity contribution < 1.29 is 14.2 Å². The van der Waals surface area contributed by atoms with Crippen molar-refractivity contribution in [3.05, 3.63) is 58.9 Å². The second-order valence-electron chi connectivity index (χ2n) is 8.59. The van der Waals surface area contributed by atoms with Gasteiger partial charge in [-0.25, -0.2) is 4.39 Å². The first kappa shape index (κ1) is 21.1. The lowest BCUT2D eigenvalue weighted by molar-refractivity contribution is 0.0712. The molecule has 2 unspecified atom stereocenters. The van der Waals surface area contributed by atoms with Crippen LogP contribution < -0.4 is 9.64 Å². The second kappa shape index (κ2) is 9.36. The van der Waals surface area contributed by atoms with Gasteiger partial charge in [-0.15, -0.1) is 0 Å². The van der Waals surface area contributed by atoms with Crippen LogP contribution in [0.15, 0.2) is 36.4 Å². The number of nitrogens with zero attached hydrogens (tertiary/aromatic N) is 2. The average molecular weight is 413 g/mol. The number of aliphatic hydroxyl groups excluding tert-OH is 1. The van der Waals surface area contributed by atoms with Gasteiger partial charge in [-0.1, -0.05) is 6.07 Å². The van der Waals surface area contributed by atoms with Gasteiger partial charge >= 0.3 is 0 Å². The summed E-state index contributed by atoms with van der Waals surface area (Å²) in [5.74, 6) is 0.753. The number of hydrogen-bond acceptors (Lipinski definition) is 4. The van der Waals surface area contributed by atoms with E-state index in [-0.39, 0.29) is 12.4 Å². The summed E-state index contributed by atoms with van der Waals surface area (Å²) in [4.78, 5) is 5.09. The van der Waals surface area contributed by atoms with Crippen LogP contribution in [0.5, 0.6) is 5.75 Å². The van der Waals surface area contributed by atoms with Crippen LogP contribution in [0, 0.1) is 19.7 Å². The molecule has 2 atom stereocenters. The van der Waals surface area contributed by atoms with Crippen LogP contribution in [0.1, 0.15) is 48.4 Å². The summed E-state index contributed by atoms with van der Waals surface area (Å²) >= 11 is 0. The number of rotatable bonds is 6. The SMILES string of the molecule is Cc1c(OCCCO)ccc(C2CCCC3CN(c4ccc(F)cc4)CCN32)c1C. The average Bonchev–Trinajstić information content (AvgIpc) is 2.77. The number of piperidine rings is 1. The Morgan fingerprint density at radius 3 is 2.60 bits per heavy atom. The highest BCUT2D eigenvalue weighted by Crippen LogP contribution is 2.40. The summed E-state index contributed by atoms with van der Waals surface area (Å²) < 4.78 is 19.2. The minimum atomic E-state index is -0.176. The lowest BCUT2D eigenvalue weighted by Crippen LogP contribution is -2.56. The van der Waals surface area contributed by atoms with E-state index < -0.39 is 0 Å².